The van der Waals surface area contributed by atoms with Gasteiger partial charge in [0, 0.05) is 29.6 Å². The number of ether oxygens (including phenoxy) is 4. The highest BCUT2D eigenvalue weighted by atomic mass is 19.1. The van der Waals surface area contributed by atoms with E-state index in [9.17, 15) is 9.18 Å². The Balaban J connectivity index is 1.29. The number of nitrogens with zero attached hydrogens (tertiary/aromatic N) is 1. The molecule has 5 rings (SSSR count). The summed E-state index contributed by atoms with van der Waals surface area (Å²) in [4.78, 5) is 15.2. The van der Waals surface area contributed by atoms with Crippen molar-refractivity contribution in [3.63, 3.8) is 0 Å². The van der Waals surface area contributed by atoms with Crippen molar-refractivity contribution >= 4 is 11.7 Å². The van der Waals surface area contributed by atoms with E-state index in [-0.39, 0.29) is 23.2 Å². The normalized spacial score (nSPS) is 25.5. The maximum absolute atomic E-state index is 14.5. The van der Waals surface area contributed by atoms with Gasteiger partial charge in [-0.1, -0.05) is 6.07 Å². The SMILES string of the molecule is COc1ccc(C23CCC(NC(=O)Nc4cc5c(cc4F)OCCO5)CC2N(C)CC3)cc1OC. The Morgan fingerprint density at radius 1 is 1.09 bits per heavy atom. The van der Waals surface area contributed by atoms with Crippen molar-refractivity contribution in [1.82, 2.24) is 10.2 Å². The number of carbonyl (C=O) groups is 1. The van der Waals surface area contributed by atoms with Crippen molar-refractivity contribution in [2.24, 2.45) is 0 Å². The number of nitrogens with one attached hydrogen (secondary N) is 2. The van der Waals surface area contributed by atoms with Crippen LogP contribution in [0.4, 0.5) is 14.9 Å². The summed E-state index contributed by atoms with van der Waals surface area (Å²) in [5, 5.41) is 5.70. The maximum atomic E-state index is 14.5. The van der Waals surface area contributed by atoms with E-state index in [0.29, 0.717) is 30.5 Å². The molecule has 2 aromatic rings. The molecule has 2 heterocycles. The van der Waals surface area contributed by atoms with Gasteiger partial charge in [0.05, 0.1) is 19.9 Å². The first-order chi connectivity index (χ1) is 16.9. The van der Waals surface area contributed by atoms with Crippen molar-refractivity contribution < 1.29 is 28.1 Å². The lowest BCUT2D eigenvalue weighted by atomic mass is 9.65. The number of likely N-dealkylation sites (N-methyl/N-ethyl adjacent to an activating group) is 1. The van der Waals surface area contributed by atoms with Crippen LogP contribution in [0, 0.1) is 5.82 Å². The van der Waals surface area contributed by atoms with Gasteiger partial charge in [-0.3, -0.25) is 0 Å². The molecule has 2 amide bonds. The van der Waals surface area contributed by atoms with Crippen LogP contribution >= 0.6 is 0 Å². The molecule has 2 N–H and O–H groups in total. The molecule has 1 saturated carbocycles. The number of urea groups is 1. The number of methoxy groups -OCH3 is 2. The molecule has 0 radical (unpaired) electrons. The Hall–Kier alpha value is -3.20. The third-order valence-corrected chi connectivity index (χ3v) is 7.70. The Morgan fingerprint density at radius 2 is 1.83 bits per heavy atom. The van der Waals surface area contributed by atoms with E-state index in [4.69, 9.17) is 18.9 Å². The molecule has 8 nitrogen and oxygen atoms in total. The fourth-order valence-electron chi connectivity index (χ4n) is 5.90. The lowest BCUT2D eigenvalue weighted by molar-refractivity contribution is 0.156. The Kier molecular flexibility index (Phi) is 6.35. The lowest BCUT2D eigenvalue weighted by Crippen LogP contribution is -2.52. The highest BCUT2D eigenvalue weighted by Gasteiger charge is 2.50. The molecule has 35 heavy (non-hydrogen) atoms. The predicted molar refractivity (Wildman–Crippen MR) is 129 cm³/mol. The number of hydrogen-bond acceptors (Lipinski definition) is 6. The molecule has 3 atom stereocenters. The van der Waals surface area contributed by atoms with Gasteiger partial charge in [0.1, 0.15) is 13.2 Å². The zero-order valence-electron chi connectivity index (χ0n) is 20.4. The molecule has 0 aromatic heterocycles. The van der Waals surface area contributed by atoms with E-state index >= 15 is 0 Å². The molecular formula is C26H32FN3O5. The van der Waals surface area contributed by atoms with Crippen LogP contribution in [0.1, 0.15) is 31.2 Å². The van der Waals surface area contributed by atoms with E-state index in [1.165, 1.54) is 17.7 Å². The standard InChI is InChI=1S/C26H32FN3O5/c1-30-9-8-26(16-4-5-20(32-2)21(12-16)33-3)7-6-17(13-24(26)30)28-25(31)29-19-15-23-22(14-18(19)27)34-10-11-35-23/h4-5,12,14-15,17,24H,6-11,13H2,1-3H3,(H2,28,29,31). The zero-order valence-corrected chi connectivity index (χ0v) is 20.4. The number of carbonyl (C=O) groups excluding carboxylic acids is 1. The molecule has 2 aliphatic heterocycles. The van der Waals surface area contributed by atoms with Crippen LogP contribution in [0.2, 0.25) is 0 Å². The van der Waals surface area contributed by atoms with Crippen LogP contribution in [0.25, 0.3) is 0 Å². The highest BCUT2D eigenvalue weighted by molar-refractivity contribution is 5.90. The van der Waals surface area contributed by atoms with Crippen molar-refractivity contribution in [2.75, 3.05) is 46.3 Å². The third-order valence-electron chi connectivity index (χ3n) is 7.70. The molecule has 3 unspecified atom stereocenters. The number of benzene rings is 2. The molecular weight excluding hydrogens is 453 g/mol. The zero-order chi connectivity index (χ0) is 24.6. The summed E-state index contributed by atoms with van der Waals surface area (Å²) in [6, 6.07) is 8.74. The van der Waals surface area contributed by atoms with Crippen LogP contribution in [0.15, 0.2) is 30.3 Å². The summed E-state index contributed by atoms with van der Waals surface area (Å²) in [7, 11) is 5.43. The molecule has 1 aliphatic carbocycles. The Labute approximate surface area is 204 Å². The lowest BCUT2D eigenvalue weighted by Gasteiger charge is -2.45. The second-order valence-corrected chi connectivity index (χ2v) is 9.52. The number of hydrogen-bond donors (Lipinski definition) is 2. The summed E-state index contributed by atoms with van der Waals surface area (Å²) in [5.74, 6) is 1.67. The fourth-order valence-corrected chi connectivity index (χ4v) is 5.90. The monoisotopic (exact) mass is 485 g/mol. The van der Waals surface area contributed by atoms with Crippen molar-refractivity contribution in [1.29, 1.82) is 0 Å². The van der Waals surface area contributed by atoms with Gasteiger partial charge in [0.2, 0.25) is 0 Å². The largest absolute Gasteiger partial charge is 0.493 e. The quantitative estimate of drug-likeness (QED) is 0.668. The number of amides is 2. The van der Waals surface area contributed by atoms with Gasteiger partial charge in [-0.15, -0.1) is 0 Å². The average molecular weight is 486 g/mol. The molecule has 2 fully saturated rings. The molecule has 3 aliphatic rings. The second-order valence-electron chi connectivity index (χ2n) is 9.52. The van der Waals surface area contributed by atoms with Gasteiger partial charge in [-0.2, -0.15) is 0 Å². The van der Waals surface area contributed by atoms with Gasteiger partial charge in [-0.05, 0) is 57.0 Å². The van der Waals surface area contributed by atoms with Gasteiger partial charge in [0.25, 0.3) is 0 Å². The second kappa shape index (κ2) is 9.45. The van der Waals surface area contributed by atoms with Gasteiger partial charge in [0.15, 0.2) is 28.8 Å². The Morgan fingerprint density at radius 3 is 2.57 bits per heavy atom. The van der Waals surface area contributed by atoms with Crippen LogP contribution in [0.3, 0.4) is 0 Å². The molecule has 188 valence electrons. The van der Waals surface area contributed by atoms with Crippen molar-refractivity contribution in [3.8, 4) is 23.0 Å². The minimum Gasteiger partial charge on any atom is -0.493 e. The fraction of sp³-hybridized carbons (Fsp3) is 0.500. The van der Waals surface area contributed by atoms with E-state index in [1.54, 1.807) is 14.2 Å². The molecule has 9 heteroatoms. The molecule has 0 spiro atoms. The first-order valence-electron chi connectivity index (χ1n) is 12.0. The van der Waals surface area contributed by atoms with E-state index in [2.05, 4.69) is 34.7 Å². The van der Waals surface area contributed by atoms with Crippen molar-refractivity contribution in [2.45, 2.75) is 43.2 Å². The third kappa shape index (κ3) is 4.33. The van der Waals surface area contributed by atoms with Gasteiger partial charge >= 0.3 is 6.03 Å². The Bertz CT molecular complexity index is 1110. The summed E-state index contributed by atoms with van der Waals surface area (Å²) in [6.07, 6.45) is 3.61. The van der Waals surface area contributed by atoms with Gasteiger partial charge in [-0.25, -0.2) is 9.18 Å². The van der Waals surface area contributed by atoms with E-state index < -0.39 is 11.8 Å². The summed E-state index contributed by atoms with van der Waals surface area (Å²) in [5.41, 5.74) is 1.30. The van der Waals surface area contributed by atoms with Crippen LogP contribution in [0.5, 0.6) is 23.0 Å². The molecule has 0 bridgehead atoms. The first kappa shape index (κ1) is 23.5. The van der Waals surface area contributed by atoms with Crippen molar-refractivity contribution in [3.05, 3.63) is 41.7 Å². The smallest absolute Gasteiger partial charge is 0.319 e. The number of rotatable bonds is 5. The average Bonchev–Trinajstić information content (AvgIpc) is 3.21. The number of anilines is 1. The molecule has 2 aromatic carbocycles. The van der Waals surface area contributed by atoms with Gasteiger partial charge < -0.3 is 34.5 Å². The number of halogens is 1. The maximum Gasteiger partial charge on any atom is 0.319 e. The minimum atomic E-state index is -0.559. The van der Waals surface area contributed by atoms with Crippen LogP contribution in [-0.2, 0) is 5.41 Å². The minimum absolute atomic E-state index is 0.00903. The van der Waals surface area contributed by atoms with E-state index in [0.717, 1.165) is 38.0 Å². The summed E-state index contributed by atoms with van der Waals surface area (Å²) >= 11 is 0. The van der Waals surface area contributed by atoms with Crippen LogP contribution < -0.4 is 29.6 Å². The summed E-state index contributed by atoms with van der Waals surface area (Å²) < 4.78 is 36.4. The number of likely N-dealkylation sites (tertiary alicyclic amines) is 1. The summed E-state index contributed by atoms with van der Waals surface area (Å²) in [6.45, 7) is 1.76. The van der Waals surface area contributed by atoms with Crippen LogP contribution in [-0.4, -0.2) is 64.0 Å². The van der Waals surface area contributed by atoms with E-state index in [1.807, 2.05) is 6.07 Å². The molecule has 1 saturated heterocycles. The highest BCUT2D eigenvalue weighted by Crippen LogP contribution is 2.50. The topological polar surface area (TPSA) is 81.3 Å². The predicted octanol–water partition coefficient (Wildman–Crippen LogP) is 3.93. The number of fused-ring (bicyclic) bond motifs is 2. The first-order valence-corrected chi connectivity index (χ1v) is 12.0.